The number of benzene rings is 1. The number of allylic oxidation sites excluding steroid dienone is 1. The van der Waals surface area contributed by atoms with Gasteiger partial charge >= 0.3 is 0 Å². The highest BCUT2D eigenvalue weighted by Crippen LogP contribution is 2.23. The third kappa shape index (κ3) is 3.13. The Morgan fingerprint density at radius 2 is 1.88 bits per heavy atom. The summed E-state index contributed by atoms with van der Waals surface area (Å²) >= 11 is 0. The molecule has 0 aliphatic heterocycles. The topological polar surface area (TPSA) is 20.2 Å². The number of hydrogen-bond acceptors (Lipinski definition) is 1. The molecule has 1 nitrogen and oxygen atoms in total. The monoisotopic (exact) mass is 238 g/mol. The zero-order valence-corrected chi connectivity index (χ0v) is 9.63. The summed E-state index contributed by atoms with van der Waals surface area (Å²) in [5, 5.41) is 9.61. The summed E-state index contributed by atoms with van der Waals surface area (Å²) in [4.78, 5) is 0. The van der Waals surface area contributed by atoms with Crippen LogP contribution < -0.4 is 0 Å². The van der Waals surface area contributed by atoms with Gasteiger partial charge in [-0.05, 0) is 37.8 Å². The fraction of sp³-hybridized carbons (Fsp3) is 0.429. The molecule has 0 saturated heterocycles. The van der Waals surface area contributed by atoms with Crippen LogP contribution in [0.1, 0.15) is 31.2 Å². The van der Waals surface area contributed by atoms with Crippen LogP contribution in [-0.4, -0.2) is 11.2 Å². The summed E-state index contributed by atoms with van der Waals surface area (Å²) in [5.41, 5.74) is 1.03. The first-order valence-electron chi connectivity index (χ1n) is 5.97. The van der Waals surface area contributed by atoms with Crippen molar-refractivity contribution in [1.82, 2.24) is 0 Å². The molecular weight excluding hydrogens is 222 g/mol. The quantitative estimate of drug-likeness (QED) is 0.783. The summed E-state index contributed by atoms with van der Waals surface area (Å²) in [6.45, 7) is 0. The van der Waals surface area contributed by atoms with Crippen molar-refractivity contribution in [2.75, 3.05) is 0 Å². The second-order valence-corrected chi connectivity index (χ2v) is 4.52. The van der Waals surface area contributed by atoms with Gasteiger partial charge in [-0.2, -0.15) is 0 Å². The third-order valence-corrected chi connectivity index (χ3v) is 3.14. The standard InChI is InChI=1S/C14H16F2O/c15-13-6-3-7-14(16)12(13)9-10-4-1-2-5-11(17)8-10/h3,6-8,11,17H,1-2,4-5,9H2. The van der Waals surface area contributed by atoms with E-state index in [1.165, 1.54) is 18.2 Å². The SMILES string of the molecule is OC1C=C(Cc2c(F)cccc2F)CCCC1. The summed E-state index contributed by atoms with van der Waals surface area (Å²) < 4.78 is 26.9. The average molecular weight is 238 g/mol. The van der Waals surface area contributed by atoms with Crippen LogP contribution >= 0.6 is 0 Å². The van der Waals surface area contributed by atoms with E-state index in [0.29, 0.717) is 0 Å². The zero-order valence-electron chi connectivity index (χ0n) is 9.63. The number of halogens is 2. The molecule has 0 spiro atoms. The largest absolute Gasteiger partial charge is 0.389 e. The maximum absolute atomic E-state index is 13.5. The number of aliphatic hydroxyl groups is 1. The van der Waals surface area contributed by atoms with Gasteiger partial charge in [0.25, 0.3) is 0 Å². The molecular formula is C14H16F2O. The molecule has 1 N–H and O–H groups in total. The zero-order chi connectivity index (χ0) is 12.3. The fourth-order valence-corrected chi connectivity index (χ4v) is 2.22. The van der Waals surface area contributed by atoms with Gasteiger partial charge < -0.3 is 5.11 Å². The van der Waals surface area contributed by atoms with Gasteiger partial charge in [0.05, 0.1) is 6.10 Å². The number of aliphatic hydroxyl groups excluding tert-OH is 1. The van der Waals surface area contributed by atoms with E-state index < -0.39 is 17.7 Å². The second kappa shape index (κ2) is 5.41. The first kappa shape index (κ1) is 12.2. The molecule has 17 heavy (non-hydrogen) atoms. The Morgan fingerprint density at radius 3 is 2.59 bits per heavy atom. The molecule has 2 rings (SSSR count). The molecule has 1 aromatic carbocycles. The molecule has 1 unspecified atom stereocenters. The van der Waals surface area contributed by atoms with Gasteiger partial charge in [-0.3, -0.25) is 0 Å². The predicted octanol–water partition coefficient (Wildman–Crippen LogP) is 3.37. The van der Waals surface area contributed by atoms with Crippen LogP contribution in [0.2, 0.25) is 0 Å². The smallest absolute Gasteiger partial charge is 0.129 e. The Morgan fingerprint density at radius 1 is 1.18 bits per heavy atom. The van der Waals surface area contributed by atoms with Gasteiger partial charge in [0, 0.05) is 5.56 Å². The highest BCUT2D eigenvalue weighted by Gasteiger charge is 2.14. The number of hydrogen-bond donors (Lipinski definition) is 1. The van der Waals surface area contributed by atoms with Crippen molar-refractivity contribution in [2.24, 2.45) is 0 Å². The van der Waals surface area contributed by atoms with E-state index in [4.69, 9.17) is 0 Å². The van der Waals surface area contributed by atoms with Gasteiger partial charge in [-0.25, -0.2) is 8.78 Å². The van der Waals surface area contributed by atoms with Crippen molar-refractivity contribution < 1.29 is 13.9 Å². The van der Waals surface area contributed by atoms with Crippen LogP contribution in [0.5, 0.6) is 0 Å². The molecule has 0 heterocycles. The summed E-state index contributed by atoms with van der Waals surface area (Å²) in [5.74, 6) is -1.02. The minimum absolute atomic E-state index is 0.104. The Hall–Kier alpha value is -1.22. The van der Waals surface area contributed by atoms with Crippen LogP contribution in [0.15, 0.2) is 29.8 Å². The van der Waals surface area contributed by atoms with Crippen molar-refractivity contribution in [1.29, 1.82) is 0 Å². The van der Waals surface area contributed by atoms with E-state index in [-0.39, 0.29) is 12.0 Å². The lowest BCUT2D eigenvalue weighted by molar-refractivity contribution is 0.211. The molecule has 1 atom stereocenters. The lowest BCUT2D eigenvalue weighted by atomic mass is 10.0. The molecule has 3 heteroatoms. The van der Waals surface area contributed by atoms with E-state index in [9.17, 15) is 13.9 Å². The van der Waals surface area contributed by atoms with Crippen LogP contribution in [0.3, 0.4) is 0 Å². The van der Waals surface area contributed by atoms with E-state index in [0.717, 1.165) is 31.3 Å². The van der Waals surface area contributed by atoms with Crippen LogP contribution in [0.25, 0.3) is 0 Å². The van der Waals surface area contributed by atoms with Crippen LogP contribution in [-0.2, 0) is 6.42 Å². The molecule has 0 fully saturated rings. The fourth-order valence-electron chi connectivity index (χ4n) is 2.22. The minimum atomic E-state index is -0.510. The molecule has 1 aliphatic carbocycles. The summed E-state index contributed by atoms with van der Waals surface area (Å²) in [6.07, 6.45) is 5.02. The molecule has 0 radical (unpaired) electrons. The van der Waals surface area contributed by atoms with Gasteiger partial charge in [-0.1, -0.05) is 24.1 Å². The Kier molecular flexibility index (Phi) is 3.89. The van der Waals surface area contributed by atoms with Gasteiger partial charge in [0.1, 0.15) is 11.6 Å². The van der Waals surface area contributed by atoms with Crippen molar-refractivity contribution in [2.45, 2.75) is 38.2 Å². The second-order valence-electron chi connectivity index (χ2n) is 4.52. The van der Waals surface area contributed by atoms with Crippen LogP contribution in [0.4, 0.5) is 8.78 Å². The number of rotatable bonds is 2. The van der Waals surface area contributed by atoms with Crippen molar-refractivity contribution >= 4 is 0 Å². The Balaban J connectivity index is 2.19. The van der Waals surface area contributed by atoms with E-state index in [2.05, 4.69) is 0 Å². The molecule has 0 aromatic heterocycles. The predicted molar refractivity (Wildman–Crippen MR) is 62.6 cm³/mol. The lowest BCUT2D eigenvalue weighted by Gasteiger charge is -2.08. The highest BCUT2D eigenvalue weighted by atomic mass is 19.1. The highest BCUT2D eigenvalue weighted by molar-refractivity contribution is 5.26. The van der Waals surface area contributed by atoms with Crippen LogP contribution in [0, 0.1) is 11.6 Å². The molecule has 92 valence electrons. The summed E-state index contributed by atoms with van der Waals surface area (Å²) in [7, 11) is 0. The van der Waals surface area contributed by atoms with E-state index >= 15 is 0 Å². The molecule has 0 saturated carbocycles. The van der Waals surface area contributed by atoms with E-state index in [1.807, 2.05) is 0 Å². The summed E-state index contributed by atoms with van der Waals surface area (Å²) in [6, 6.07) is 3.91. The first-order chi connectivity index (χ1) is 8.16. The maximum atomic E-state index is 13.5. The van der Waals surface area contributed by atoms with Gasteiger partial charge in [0.2, 0.25) is 0 Å². The van der Waals surface area contributed by atoms with Crippen molar-refractivity contribution in [3.63, 3.8) is 0 Å². The third-order valence-electron chi connectivity index (χ3n) is 3.14. The van der Waals surface area contributed by atoms with Gasteiger partial charge in [0.15, 0.2) is 0 Å². The molecule has 0 bridgehead atoms. The van der Waals surface area contributed by atoms with Gasteiger partial charge in [-0.15, -0.1) is 0 Å². The van der Waals surface area contributed by atoms with E-state index in [1.54, 1.807) is 6.08 Å². The Bertz CT molecular complexity index is 406. The van der Waals surface area contributed by atoms with Crippen molar-refractivity contribution in [3.8, 4) is 0 Å². The molecule has 1 aliphatic rings. The first-order valence-corrected chi connectivity index (χ1v) is 5.97. The lowest BCUT2D eigenvalue weighted by Crippen LogP contribution is -2.03. The minimum Gasteiger partial charge on any atom is -0.389 e. The molecule has 0 amide bonds. The average Bonchev–Trinajstić information content (AvgIpc) is 2.48. The van der Waals surface area contributed by atoms with Crippen molar-refractivity contribution in [3.05, 3.63) is 47.0 Å². The maximum Gasteiger partial charge on any atom is 0.129 e. The molecule has 1 aromatic rings. The normalized spacial score (nSPS) is 20.9. The Labute approximate surface area is 99.8 Å².